The molecule has 0 aromatic rings. The van der Waals surface area contributed by atoms with Gasteiger partial charge in [0.15, 0.2) is 0 Å². The molecular weight excluding hydrogens is 208 g/mol. The van der Waals surface area contributed by atoms with Gasteiger partial charge in [0.25, 0.3) is 0 Å². The first-order chi connectivity index (χ1) is 8.41. The average Bonchev–Trinajstić information content (AvgIpc) is 2.35. The molecule has 0 N–H and O–H groups in total. The van der Waals surface area contributed by atoms with E-state index in [0.717, 1.165) is 25.7 Å². The van der Waals surface area contributed by atoms with Gasteiger partial charge in [-0.3, -0.25) is 0 Å². The van der Waals surface area contributed by atoms with Crippen molar-refractivity contribution in [1.82, 2.24) is 0 Å². The van der Waals surface area contributed by atoms with E-state index in [9.17, 15) is 0 Å². The molecule has 0 radical (unpaired) electrons. The van der Waals surface area contributed by atoms with Crippen LogP contribution in [0.4, 0.5) is 0 Å². The minimum Gasteiger partial charge on any atom is -0.198 e. The molecule has 0 spiro atoms. The molecule has 0 rings (SSSR count). The zero-order valence-corrected chi connectivity index (χ0v) is 11.1. The smallest absolute Gasteiger partial charge is 0.0621 e. The summed E-state index contributed by atoms with van der Waals surface area (Å²) in [5.41, 5.74) is 0. The van der Waals surface area contributed by atoms with Crippen LogP contribution < -0.4 is 0 Å². The van der Waals surface area contributed by atoms with Gasteiger partial charge in [0.05, 0.1) is 12.1 Å². The van der Waals surface area contributed by atoms with Gasteiger partial charge in [-0.2, -0.15) is 10.5 Å². The highest BCUT2D eigenvalue weighted by Gasteiger charge is 1.93. The summed E-state index contributed by atoms with van der Waals surface area (Å²) >= 11 is 0. The monoisotopic (exact) mass is 234 g/mol. The third-order valence-electron chi connectivity index (χ3n) is 3.08. The Morgan fingerprint density at radius 1 is 0.412 bits per heavy atom. The molecule has 0 aromatic carbocycles. The minimum absolute atomic E-state index is 0.725. The van der Waals surface area contributed by atoms with Crippen LogP contribution in [0.25, 0.3) is 0 Å². The zero-order valence-electron chi connectivity index (χ0n) is 11.1. The van der Waals surface area contributed by atoms with Crippen molar-refractivity contribution in [3.63, 3.8) is 0 Å². The van der Waals surface area contributed by atoms with Crippen molar-refractivity contribution in [2.45, 2.75) is 83.5 Å². The summed E-state index contributed by atoms with van der Waals surface area (Å²) in [6.45, 7) is 0. The molecule has 0 aliphatic heterocycles. The maximum atomic E-state index is 8.38. The maximum absolute atomic E-state index is 8.38. The van der Waals surface area contributed by atoms with Crippen LogP contribution in [0.2, 0.25) is 0 Å². The van der Waals surface area contributed by atoms with Gasteiger partial charge in [0.2, 0.25) is 0 Å². The number of unbranched alkanes of at least 4 members (excludes halogenated alkanes) is 12. The zero-order chi connectivity index (χ0) is 12.6. The molecule has 96 valence electrons. The highest BCUT2D eigenvalue weighted by molar-refractivity contribution is 4.68. The van der Waals surface area contributed by atoms with E-state index in [4.69, 9.17) is 10.5 Å². The fourth-order valence-corrected chi connectivity index (χ4v) is 2.00. The van der Waals surface area contributed by atoms with Crippen LogP contribution in [0.5, 0.6) is 0 Å². The number of rotatable bonds is 12. The average molecular weight is 234 g/mol. The van der Waals surface area contributed by atoms with E-state index >= 15 is 0 Å². The molecule has 17 heavy (non-hydrogen) atoms. The maximum Gasteiger partial charge on any atom is 0.0621 e. The topological polar surface area (TPSA) is 47.6 Å². The molecule has 2 nitrogen and oxygen atoms in total. The summed E-state index contributed by atoms with van der Waals surface area (Å²) in [4.78, 5) is 0. The molecule has 0 aliphatic rings. The Kier molecular flexibility index (Phi) is 14.1. The lowest BCUT2D eigenvalue weighted by Crippen LogP contribution is -1.82. The largest absolute Gasteiger partial charge is 0.198 e. The van der Waals surface area contributed by atoms with Crippen LogP contribution >= 0.6 is 0 Å². The number of hydrogen-bond acceptors (Lipinski definition) is 2. The van der Waals surface area contributed by atoms with Crippen LogP contribution in [-0.2, 0) is 0 Å². The van der Waals surface area contributed by atoms with Crippen molar-refractivity contribution < 1.29 is 0 Å². The Bertz CT molecular complexity index is 198. The van der Waals surface area contributed by atoms with Gasteiger partial charge in [-0.15, -0.1) is 0 Å². The normalized spacial score (nSPS) is 9.76. The highest BCUT2D eigenvalue weighted by Crippen LogP contribution is 2.12. The molecule has 0 aromatic heterocycles. The van der Waals surface area contributed by atoms with Gasteiger partial charge < -0.3 is 0 Å². The van der Waals surface area contributed by atoms with E-state index < -0.39 is 0 Å². The fourth-order valence-electron chi connectivity index (χ4n) is 2.00. The Labute approximate surface area is 107 Å². The number of nitriles is 2. The minimum atomic E-state index is 0.725. The van der Waals surface area contributed by atoms with E-state index in [0.29, 0.717) is 0 Å². The van der Waals surface area contributed by atoms with Crippen molar-refractivity contribution in [2.75, 3.05) is 0 Å². The van der Waals surface area contributed by atoms with Crippen molar-refractivity contribution in [3.8, 4) is 12.1 Å². The van der Waals surface area contributed by atoms with E-state index in [1.54, 1.807) is 0 Å². The Morgan fingerprint density at radius 3 is 0.882 bits per heavy atom. The van der Waals surface area contributed by atoms with Crippen LogP contribution in [0.3, 0.4) is 0 Å². The van der Waals surface area contributed by atoms with E-state index in [1.807, 2.05) is 0 Å². The van der Waals surface area contributed by atoms with Gasteiger partial charge in [-0.05, 0) is 12.8 Å². The van der Waals surface area contributed by atoms with Gasteiger partial charge in [-0.1, -0.05) is 57.8 Å². The number of hydrogen-bond donors (Lipinski definition) is 0. The summed E-state index contributed by atoms with van der Waals surface area (Å²) in [5.74, 6) is 0. The second-order valence-corrected chi connectivity index (χ2v) is 4.71. The quantitative estimate of drug-likeness (QED) is 0.441. The molecule has 0 saturated heterocycles. The molecule has 0 unspecified atom stereocenters. The molecule has 0 bridgehead atoms. The van der Waals surface area contributed by atoms with Crippen LogP contribution in [-0.4, -0.2) is 0 Å². The molecule has 2 heteroatoms. The van der Waals surface area contributed by atoms with Crippen molar-refractivity contribution >= 4 is 0 Å². The first-order valence-corrected chi connectivity index (χ1v) is 7.15. The molecule has 0 atom stereocenters. The van der Waals surface area contributed by atoms with Crippen molar-refractivity contribution in [3.05, 3.63) is 0 Å². The molecule has 0 heterocycles. The molecule has 0 saturated carbocycles. The van der Waals surface area contributed by atoms with Gasteiger partial charge in [0.1, 0.15) is 0 Å². The first-order valence-electron chi connectivity index (χ1n) is 7.15. The summed E-state index contributed by atoms with van der Waals surface area (Å²) in [7, 11) is 0. The fraction of sp³-hybridized carbons (Fsp3) is 0.867. The second-order valence-electron chi connectivity index (χ2n) is 4.71. The first kappa shape index (κ1) is 16.0. The standard InChI is InChI=1S/C15H26N2/c16-14-12-10-8-6-4-2-1-3-5-7-9-11-13-15-17/h1-13H2. The summed E-state index contributed by atoms with van der Waals surface area (Å²) < 4.78 is 0. The van der Waals surface area contributed by atoms with E-state index in [-0.39, 0.29) is 0 Å². The molecular formula is C15H26N2. The van der Waals surface area contributed by atoms with Crippen LogP contribution in [0, 0.1) is 22.7 Å². The molecule has 0 amide bonds. The molecule has 0 fully saturated rings. The lowest BCUT2D eigenvalue weighted by Gasteiger charge is -2.01. The predicted octanol–water partition coefficient (Wildman–Crippen LogP) is 5.10. The lowest BCUT2D eigenvalue weighted by atomic mass is 10.0. The Morgan fingerprint density at radius 2 is 0.647 bits per heavy atom. The second kappa shape index (κ2) is 15.0. The lowest BCUT2D eigenvalue weighted by molar-refractivity contribution is 0.548. The van der Waals surface area contributed by atoms with Gasteiger partial charge in [0, 0.05) is 12.8 Å². The Hall–Kier alpha value is -1.02. The highest BCUT2D eigenvalue weighted by atomic mass is 14.2. The van der Waals surface area contributed by atoms with E-state index in [2.05, 4.69) is 12.1 Å². The third-order valence-corrected chi connectivity index (χ3v) is 3.08. The SMILES string of the molecule is N#CCCCCCCCCCCCCCC#N. The van der Waals surface area contributed by atoms with E-state index in [1.165, 1.54) is 57.8 Å². The predicted molar refractivity (Wildman–Crippen MR) is 71.2 cm³/mol. The Balaban J connectivity index is 2.90. The summed E-state index contributed by atoms with van der Waals surface area (Å²) in [6.07, 6.45) is 15.4. The van der Waals surface area contributed by atoms with Crippen molar-refractivity contribution in [2.24, 2.45) is 0 Å². The number of nitrogens with zero attached hydrogens (tertiary/aromatic N) is 2. The molecule has 0 aliphatic carbocycles. The summed E-state index contributed by atoms with van der Waals surface area (Å²) in [5, 5.41) is 16.8. The van der Waals surface area contributed by atoms with Crippen LogP contribution in [0.1, 0.15) is 83.5 Å². The van der Waals surface area contributed by atoms with Gasteiger partial charge in [-0.25, -0.2) is 0 Å². The van der Waals surface area contributed by atoms with Crippen molar-refractivity contribution in [1.29, 1.82) is 10.5 Å². The third kappa shape index (κ3) is 15.0. The summed E-state index contributed by atoms with van der Waals surface area (Å²) in [6, 6.07) is 4.37. The van der Waals surface area contributed by atoms with Crippen LogP contribution in [0.15, 0.2) is 0 Å². The van der Waals surface area contributed by atoms with Gasteiger partial charge >= 0.3 is 0 Å².